The largest absolute Gasteiger partial charge is 0.344 e. The number of hydrogen-bond donors (Lipinski definition) is 1. The molecule has 3 aliphatic rings. The molecule has 0 radical (unpaired) electrons. The smallest absolute Gasteiger partial charge is 0.245 e. The number of rotatable bonds is 3. The molecule has 1 saturated carbocycles. The lowest BCUT2D eigenvalue weighted by molar-refractivity contribution is -0.139. The van der Waals surface area contributed by atoms with Gasteiger partial charge < -0.3 is 10.2 Å². The summed E-state index contributed by atoms with van der Waals surface area (Å²) in [7, 11) is 0. The maximum Gasteiger partial charge on any atom is 0.245 e. The molecule has 1 aliphatic heterocycles. The lowest BCUT2D eigenvalue weighted by Crippen LogP contribution is -2.52. The van der Waals surface area contributed by atoms with Gasteiger partial charge in [0.2, 0.25) is 11.8 Å². The van der Waals surface area contributed by atoms with Gasteiger partial charge in [-0.2, -0.15) is 0 Å². The summed E-state index contributed by atoms with van der Waals surface area (Å²) in [6.45, 7) is 4.76. The molecule has 1 aromatic carbocycles. The molecule has 134 valence electrons. The van der Waals surface area contributed by atoms with E-state index in [2.05, 4.69) is 36.5 Å². The summed E-state index contributed by atoms with van der Waals surface area (Å²) in [5.74, 6) is 0.162. The Morgan fingerprint density at radius 2 is 2.08 bits per heavy atom. The number of aryl methyl sites for hydroxylation is 1. The topological polar surface area (TPSA) is 49.4 Å². The molecule has 1 saturated heterocycles. The van der Waals surface area contributed by atoms with Crippen molar-refractivity contribution in [1.82, 2.24) is 10.2 Å². The highest BCUT2D eigenvalue weighted by molar-refractivity contribution is 5.91. The number of hydrogen-bond acceptors (Lipinski definition) is 2. The third kappa shape index (κ3) is 2.76. The highest BCUT2D eigenvalue weighted by Gasteiger charge is 2.61. The van der Waals surface area contributed by atoms with Crippen LogP contribution >= 0.6 is 0 Å². The van der Waals surface area contributed by atoms with E-state index in [0.717, 1.165) is 38.6 Å². The maximum absolute atomic E-state index is 12.8. The van der Waals surface area contributed by atoms with E-state index in [-0.39, 0.29) is 29.2 Å². The summed E-state index contributed by atoms with van der Waals surface area (Å²) in [4.78, 5) is 27.4. The van der Waals surface area contributed by atoms with Crippen molar-refractivity contribution in [3.05, 3.63) is 35.4 Å². The van der Waals surface area contributed by atoms with Crippen molar-refractivity contribution in [2.75, 3.05) is 6.54 Å². The third-order valence-electron chi connectivity index (χ3n) is 6.60. The minimum absolute atomic E-state index is 0.0326. The van der Waals surface area contributed by atoms with Crippen molar-refractivity contribution in [3.8, 4) is 0 Å². The molecule has 1 aromatic rings. The van der Waals surface area contributed by atoms with Crippen LogP contribution in [0, 0.1) is 5.92 Å². The van der Waals surface area contributed by atoms with Crippen LogP contribution in [0.15, 0.2) is 24.3 Å². The summed E-state index contributed by atoms with van der Waals surface area (Å²) in [6.07, 6.45) is 6.39. The van der Waals surface area contributed by atoms with Gasteiger partial charge in [0, 0.05) is 23.9 Å². The maximum atomic E-state index is 12.8. The summed E-state index contributed by atoms with van der Waals surface area (Å²) < 4.78 is 0. The van der Waals surface area contributed by atoms with Gasteiger partial charge in [-0.25, -0.2) is 0 Å². The van der Waals surface area contributed by atoms with Gasteiger partial charge in [-0.1, -0.05) is 24.3 Å². The van der Waals surface area contributed by atoms with Crippen LogP contribution in [0.4, 0.5) is 0 Å². The molecule has 2 fully saturated rings. The van der Waals surface area contributed by atoms with Crippen LogP contribution in [0.5, 0.6) is 0 Å². The van der Waals surface area contributed by atoms with Gasteiger partial charge in [-0.3, -0.25) is 9.59 Å². The van der Waals surface area contributed by atoms with Crippen LogP contribution in [0.25, 0.3) is 0 Å². The van der Waals surface area contributed by atoms with Gasteiger partial charge in [-0.05, 0) is 63.5 Å². The lowest BCUT2D eigenvalue weighted by Gasteiger charge is -2.35. The SMILES string of the molecule is CC(NC(=O)C1CC12CCc1ccccc12)C(=O)N1CCCCC1C. The number of amides is 2. The Morgan fingerprint density at radius 1 is 1.28 bits per heavy atom. The predicted molar refractivity (Wildman–Crippen MR) is 97.2 cm³/mol. The Kier molecular flexibility index (Phi) is 4.09. The zero-order chi connectivity index (χ0) is 17.6. The molecule has 0 aromatic heterocycles. The van der Waals surface area contributed by atoms with Crippen molar-refractivity contribution in [2.45, 2.75) is 69.9 Å². The van der Waals surface area contributed by atoms with E-state index in [1.165, 1.54) is 17.5 Å². The van der Waals surface area contributed by atoms with Crippen molar-refractivity contribution in [2.24, 2.45) is 5.92 Å². The van der Waals surface area contributed by atoms with E-state index in [1.807, 2.05) is 11.8 Å². The molecule has 1 spiro atoms. The summed E-state index contributed by atoms with van der Waals surface area (Å²) >= 11 is 0. The fourth-order valence-electron chi connectivity index (χ4n) is 4.99. The number of carbonyl (C=O) groups excluding carboxylic acids is 2. The van der Waals surface area contributed by atoms with Gasteiger partial charge in [0.05, 0.1) is 0 Å². The Labute approximate surface area is 150 Å². The fourth-order valence-corrected chi connectivity index (χ4v) is 4.99. The molecule has 4 nitrogen and oxygen atoms in total. The molecular formula is C21H28N2O2. The number of likely N-dealkylation sites (tertiary alicyclic amines) is 1. The van der Waals surface area contributed by atoms with Crippen molar-refractivity contribution >= 4 is 11.8 Å². The van der Waals surface area contributed by atoms with E-state index in [9.17, 15) is 9.59 Å². The zero-order valence-corrected chi connectivity index (χ0v) is 15.3. The van der Waals surface area contributed by atoms with E-state index < -0.39 is 6.04 Å². The Bertz CT molecular complexity index is 701. The van der Waals surface area contributed by atoms with Gasteiger partial charge >= 0.3 is 0 Å². The van der Waals surface area contributed by atoms with E-state index in [4.69, 9.17) is 0 Å². The molecule has 1 N–H and O–H groups in total. The second kappa shape index (κ2) is 6.15. The molecule has 4 rings (SSSR count). The zero-order valence-electron chi connectivity index (χ0n) is 15.3. The second-order valence-corrected chi connectivity index (χ2v) is 8.18. The minimum Gasteiger partial charge on any atom is -0.344 e. The number of nitrogens with zero attached hydrogens (tertiary/aromatic N) is 1. The molecule has 4 unspecified atom stereocenters. The van der Waals surface area contributed by atoms with E-state index in [0.29, 0.717) is 0 Å². The van der Waals surface area contributed by atoms with Gasteiger partial charge in [0.25, 0.3) is 0 Å². The fraction of sp³-hybridized carbons (Fsp3) is 0.619. The molecule has 25 heavy (non-hydrogen) atoms. The van der Waals surface area contributed by atoms with Gasteiger partial charge in [-0.15, -0.1) is 0 Å². The molecule has 4 heteroatoms. The number of fused-ring (bicyclic) bond motifs is 2. The van der Waals surface area contributed by atoms with E-state index >= 15 is 0 Å². The number of nitrogens with one attached hydrogen (secondary N) is 1. The second-order valence-electron chi connectivity index (χ2n) is 8.18. The van der Waals surface area contributed by atoms with E-state index in [1.54, 1.807) is 0 Å². The van der Waals surface area contributed by atoms with Gasteiger partial charge in [0.1, 0.15) is 6.04 Å². The number of piperidine rings is 1. The monoisotopic (exact) mass is 340 g/mol. The van der Waals surface area contributed by atoms with Crippen LogP contribution in [-0.2, 0) is 21.4 Å². The van der Waals surface area contributed by atoms with Crippen LogP contribution in [0.3, 0.4) is 0 Å². The quantitative estimate of drug-likeness (QED) is 0.920. The Hall–Kier alpha value is -1.84. The summed E-state index contributed by atoms with van der Waals surface area (Å²) in [5, 5.41) is 3.01. The highest BCUT2D eigenvalue weighted by atomic mass is 16.2. The Balaban J connectivity index is 1.39. The van der Waals surface area contributed by atoms with Crippen LogP contribution in [0.1, 0.15) is 57.1 Å². The van der Waals surface area contributed by atoms with Crippen molar-refractivity contribution in [3.63, 3.8) is 0 Å². The predicted octanol–water partition coefficient (Wildman–Crippen LogP) is 2.80. The minimum atomic E-state index is -0.428. The first-order valence-corrected chi connectivity index (χ1v) is 9.72. The first-order valence-electron chi connectivity index (χ1n) is 9.72. The molecule has 0 bridgehead atoms. The standard InChI is InChI=1S/C21H28N2O2/c1-14-7-5-6-12-23(14)20(25)15(2)22-19(24)18-13-21(18)11-10-16-8-3-4-9-17(16)21/h3-4,8-9,14-15,18H,5-7,10-13H2,1-2H3,(H,22,24). The Morgan fingerprint density at radius 3 is 2.88 bits per heavy atom. The van der Waals surface area contributed by atoms with Crippen LogP contribution in [-0.4, -0.2) is 35.3 Å². The first kappa shape index (κ1) is 16.6. The average Bonchev–Trinajstić information content (AvgIpc) is 3.24. The molecule has 2 amide bonds. The molecular weight excluding hydrogens is 312 g/mol. The van der Waals surface area contributed by atoms with Crippen LogP contribution < -0.4 is 5.32 Å². The first-order chi connectivity index (χ1) is 12.0. The molecule has 4 atom stereocenters. The molecule has 1 heterocycles. The summed E-state index contributed by atoms with van der Waals surface area (Å²) in [5.41, 5.74) is 2.80. The highest BCUT2D eigenvalue weighted by Crippen LogP contribution is 2.61. The average molecular weight is 340 g/mol. The summed E-state index contributed by atoms with van der Waals surface area (Å²) in [6, 6.07) is 8.37. The molecule has 2 aliphatic carbocycles. The third-order valence-corrected chi connectivity index (χ3v) is 6.60. The normalized spacial score (nSPS) is 31.5. The van der Waals surface area contributed by atoms with Gasteiger partial charge in [0.15, 0.2) is 0 Å². The number of benzene rings is 1. The van der Waals surface area contributed by atoms with Crippen molar-refractivity contribution < 1.29 is 9.59 Å². The number of carbonyl (C=O) groups is 2. The lowest BCUT2D eigenvalue weighted by atomic mass is 9.95. The van der Waals surface area contributed by atoms with Crippen LogP contribution in [0.2, 0.25) is 0 Å². The van der Waals surface area contributed by atoms with Crippen molar-refractivity contribution in [1.29, 1.82) is 0 Å².